The van der Waals surface area contributed by atoms with Gasteiger partial charge in [0.1, 0.15) is 0 Å². The van der Waals surface area contributed by atoms with E-state index >= 15 is 0 Å². The average Bonchev–Trinajstić information content (AvgIpc) is 1.98. The van der Waals surface area contributed by atoms with Crippen LogP contribution in [0, 0.1) is 5.92 Å². The minimum absolute atomic E-state index is 0.471. The Labute approximate surface area is 67.6 Å². The second kappa shape index (κ2) is 3.88. The Morgan fingerprint density at radius 3 is 2.45 bits per heavy atom. The van der Waals surface area contributed by atoms with Crippen LogP contribution < -0.4 is 0 Å². The highest BCUT2D eigenvalue weighted by Crippen LogP contribution is 2.25. The summed E-state index contributed by atoms with van der Waals surface area (Å²) < 4.78 is 0. The van der Waals surface area contributed by atoms with Crippen LogP contribution in [0.25, 0.3) is 0 Å². The third-order valence-corrected chi connectivity index (χ3v) is 2.29. The molecule has 0 aromatic carbocycles. The zero-order chi connectivity index (χ0) is 8.27. The molecule has 1 saturated carbocycles. The van der Waals surface area contributed by atoms with Crippen LogP contribution in [0.2, 0.25) is 0 Å². The van der Waals surface area contributed by atoms with Crippen molar-refractivity contribution in [2.45, 2.75) is 38.4 Å². The molecule has 0 radical (unpaired) electrons. The van der Waals surface area contributed by atoms with Crippen LogP contribution in [-0.4, -0.2) is 22.4 Å². The minimum Gasteiger partial charge on any atom is -0.390 e. The molecule has 2 heteroatoms. The topological polar surface area (TPSA) is 40.5 Å². The standard InChI is InChI=1S/C9H16O2/c1-2-3-7-4-5-8(10)9(11)6-7/h2-3,7-11H,4-6H2,1H3. The Kier molecular flexibility index (Phi) is 3.09. The van der Waals surface area contributed by atoms with Gasteiger partial charge in [-0.05, 0) is 32.1 Å². The van der Waals surface area contributed by atoms with Gasteiger partial charge in [0.2, 0.25) is 0 Å². The highest BCUT2D eigenvalue weighted by molar-refractivity contribution is 4.91. The monoisotopic (exact) mass is 156 g/mol. The fraction of sp³-hybridized carbons (Fsp3) is 0.778. The Morgan fingerprint density at radius 1 is 1.18 bits per heavy atom. The molecule has 1 aliphatic carbocycles. The van der Waals surface area contributed by atoms with E-state index in [1.54, 1.807) is 0 Å². The number of allylic oxidation sites excluding steroid dienone is 2. The largest absolute Gasteiger partial charge is 0.390 e. The van der Waals surface area contributed by atoms with Crippen molar-refractivity contribution in [3.05, 3.63) is 12.2 Å². The first kappa shape index (κ1) is 8.75. The van der Waals surface area contributed by atoms with Crippen molar-refractivity contribution >= 4 is 0 Å². The maximum absolute atomic E-state index is 9.29. The lowest BCUT2D eigenvalue weighted by atomic mass is 9.85. The van der Waals surface area contributed by atoms with Crippen molar-refractivity contribution in [2.75, 3.05) is 0 Å². The van der Waals surface area contributed by atoms with Crippen molar-refractivity contribution in [1.29, 1.82) is 0 Å². The zero-order valence-electron chi connectivity index (χ0n) is 6.90. The molecule has 2 nitrogen and oxygen atoms in total. The van der Waals surface area contributed by atoms with Gasteiger partial charge in [0, 0.05) is 0 Å². The molecule has 1 fully saturated rings. The van der Waals surface area contributed by atoms with Gasteiger partial charge in [-0.1, -0.05) is 12.2 Å². The van der Waals surface area contributed by atoms with Crippen molar-refractivity contribution in [1.82, 2.24) is 0 Å². The van der Waals surface area contributed by atoms with Gasteiger partial charge in [0.15, 0.2) is 0 Å². The molecule has 0 aliphatic heterocycles. The van der Waals surface area contributed by atoms with Crippen LogP contribution in [-0.2, 0) is 0 Å². The number of hydrogen-bond donors (Lipinski definition) is 2. The Bertz CT molecular complexity index is 142. The molecule has 2 N–H and O–H groups in total. The summed E-state index contributed by atoms with van der Waals surface area (Å²) in [6.45, 7) is 1.98. The molecule has 3 unspecified atom stereocenters. The normalized spacial score (nSPS) is 39.7. The van der Waals surface area contributed by atoms with Crippen molar-refractivity contribution in [2.24, 2.45) is 5.92 Å². The van der Waals surface area contributed by atoms with Gasteiger partial charge in [-0.2, -0.15) is 0 Å². The summed E-state index contributed by atoms with van der Waals surface area (Å²) in [7, 11) is 0. The molecular weight excluding hydrogens is 140 g/mol. The third kappa shape index (κ3) is 2.31. The fourth-order valence-electron chi connectivity index (χ4n) is 1.61. The lowest BCUT2D eigenvalue weighted by molar-refractivity contribution is -0.0189. The van der Waals surface area contributed by atoms with Gasteiger partial charge < -0.3 is 10.2 Å². The van der Waals surface area contributed by atoms with Gasteiger partial charge in [0.25, 0.3) is 0 Å². The second-order valence-corrected chi connectivity index (χ2v) is 3.23. The molecule has 0 heterocycles. The first-order chi connectivity index (χ1) is 5.24. The summed E-state index contributed by atoms with van der Waals surface area (Å²) >= 11 is 0. The molecule has 1 aliphatic rings. The molecule has 0 aromatic heterocycles. The summed E-state index contributed by atoms with van der Waals surface area (Å²) in [6, 6.07) is 0. The number of aliphatic hydroxyl groups excluding tert-OH is 2. The Morgan fingerprint density at radius 2 is 1.91 bits per heavy atom. The highest BCUT2D eigenvalue weighted by Gasteiger charge is 2.25. The van der Waals surface area contributed by atoms with Gasteiger partial charge in [-0.15, -0.1) is 0 Å². The summed E-state index contributed by atoms with van der Waals surface area (Å²) in [5, 5.41) is 18.5. The van der Waals surface area contributed by atoms with Crippen LogP contribution in [0.15, 0.2) is 12.2 Å². The zero-order valence-corrected chi connectivity index (χ0v) is 6.90. The molecule has 0 amide bonds. The van der Waals surface area contributed by atoms with E-state index < -0.39 is 12.2 Å². The predicted octanol–water partition coefficient (Wildman–Crippen LogP) is 1.08. The number of rotatable bonds is 1. The quantitative estimate of drug-likeness (QED) is 0.558. The van der Waals surface area contributed by atoms with E-state index in [-0.39, 0.29) is 0 Å². The highest BCUT2D eigenvalue weighted by atomic mass is 16.3. The van der Waals surface area contributed by atoms with Crippen molar-refractivity contribution < 1.29 is 10.2 Å². The molecule has 1 rings (SSSR count). The van der Waals surface area contributed by atoms with Gasteiger partial charge >= 0.3 is 0 Å². The first-order valence-electron chi connectivity index (χ1n) is 4.23. The van der Waals surface area contributed by atoms with E-state index in [9.17, 15) is 10.2 Å². The molecule has 64 valence electrons. The summed E-state index contributed by atoms with van der Waals surface area (Å²) in [5.41, 5.74) is 0. The third-order valence-electron chi connectivity index (χ3n) is 2.29. The van der Waals surface area contributed by atoms with Crippen LogP contribution in [0.3, 0.4) is 0 Å². The molecule has 0 saturated heterocycles. The van der Waals surface area contributed by atoms with Crippen molar-refractivity contribution in [3.63, 3.8) is 0 Å². The fourth-order valence-corrected chi connectivity index (χ4v) is 1.61. The van der Waals surface area contributed by atoms with Crippen LogP contribution in [0.1, 0.15) is 26.2 Å². The van der Waals surface area contributed by atoms with Crippen LogP contribution >= 0.6 is 0 Å². The van der Waals surface area contributed by atoms with E-state index in [0.29, 0.717) is 12.3 Å². The van der Waals surface area contributed by atoms with E-state index in [1.165, 1.54) is 0 Å². The van der Waals surface area contributed by atoms with E-state index in [1.807, 2.05) is 13.0 Å². The maximum atomic E-state index is 9.29. The van der Waals surface area contributed by atoms with Gasteiger partial charge in [-0.3, -0.25) is 0 Å². The average molecular weight is 156 g/mol. The van der Waals surface area contributed by atoms with Gasteiger partial charge in [0.05, 0.1) is 12.2 Å². The van der Waals surface area contributed by atoms with Crippen molar-refractivity contribution in [3.8, 4) is 0 Å². The molecule has 0 bridgehead atoms. The summed E-state index contributed by atoms with van der Waals surface area (Å²) in [5.74, 6) is 0.471. The second-order valence-electron chi connectivity index (χ2n) is 3.23. The summed E-state index contributed by atoms with van der Waals surface area (Å²) in [4.78, 5) is 0. The summed E-state index contributed by atoms with van der Waals surface area (Å²) in [6.07, 6.45) is 5.57. The number of aliphatic hydroxyl groups is 2. The molecular formula is C9H16O2. The van der Waals surface area contributed by atoms with Crippen LogP contribution in [0.4, 0.5) is 0 Å². The number of hydrogen-bond acceptors (Lipinski definition) is 2. The Balaban J connectivity index is 2.39. The van der Waals surface area contributed by atoms with Gasteiger partial charge in [-0.25, -0.2) is 0 Å². The maximum Gasteiger partial charge on any atom is 0.0804 e. The van der Waals surface area contributed by atoms with Crippen LogP contribution in [0.5, 0.6) is 0 Å². The van der Waals surface area contributed by atoms with E-state index in [0.717, 1.165) is 12.8 Å². The van der Waals surface area contributed by atoms with E-state index in [4.69, 9.17) is 0 Å². The predicted molar refractivity (Wildman–Crippen MR) is 44.2 cm³/mol. The first-order valence-corrected chi connectivity index (χ1v) is 4.23. The van der Waals surface area contributed by atoms with E-state index in [2.05, 4.69) is 6.08 Å². The molecule has 3 atom stereocenters. The molecule has 0 spiro atoms. The lowest BCUT2D eigenvalue weighted by Crippen LogP contribution is -2.32. The minimum atomic E-state index is -0.509. The lowest BCUT2D eigenvalue weighted by Gasteiger charge is -2.28. The SMILES string of the molecule is CC=CC1CCC(O)C(O)C1. The smallest absolute Gasteiger partial charge is 0.0804 e. The molecule has 11 heavy (non-hydrogen) atoms. The Hall–Kier alpha value is -0.340. The molecule has 0 aromatic rings.